The Kier molecular flexibility index (Phi) is 4.43. The van der Waals surface area contributed by atoms with Gasteiger partial charge < -0.3 is 4.42 Å². The minimum absolute atomic E-state index is 0.896. The van der Waals surface area contributed by atoms with Crippen molar-refractivity contribution >= 4 is 11.3 Å². The number of nitrogens with zero attached hydrogens (tertiary/aromatic N) is 3. The van der Waals surface area contributed by atoms with Gasteiger partial charge in [-0.3, -0.25) is 9.88 Å². The van der Waals surface area contributed by atoms with Gasteiger partial charge in [-0.25, -0.2) is 4.98 Å². The Morgan fingerprint density at radius 2 is 2.19 bits per heavy atom. The molecule has 0 amide bonds. The molecule has 0 aromatic carbocycles. The van der Waals surface area contributed by atoms with Crippen LogP contribution < -0.4 is 0 Å². The highest BCUT2D eigenvalue weighted by Gasteiger charge is 2.10. The van der Waals surface area contributed by atoms with Crippen molar-refractivity contribution in [2.45, 2.75) is 20.0 Å². The van der Waals surface area contributed by atoms with Crippen LogP contribution in [0, 0.1) is 0 Å². The van der Waals surface area contributed by atoms with Crippen LogP contribution in [0.1, 0.15) is 17.4 Å². The van der Waals surface area contributed by atoms with E-state index in [-0.39, 0.29) is 0 Å². The first kappa shape index (κ1) is 14.0. The molecule has 108 valence electrons. The topological polar surface area (TPSA) is 42.2 Å². The van der Waals surface area contributed by atoms with Crippen molar-refractivity contribution in [3.05, 3.63) is 59.8 Å². The quantitative estimate of drug-likeness (QED) is 0.694. The summed E-state index contributed by atoms with van der Waals surface area (Å²) in [5.41, 5.74) is 2.28. The van der Waals surface area contributed by atoms with Gasteiger partial charge in [0, 0.05) is 47.7 Å². The highest BCUT2D eigenvalue weighted by atomic mass is 32.1. The van der Waals surface area contributed by atoms with Crippen molar-refractivity contribution in [1.29, 1.82) is 0 Å². The van der Waals surface area contributed by atoms with Gasteiger partial charge in [0.1, 0.15) is 5.01 Å². The monoisotopic (exact) mass is 299 g/mol. The van der Waals surface area contributed by atoms with Gasteiger partial charge in [-0.1, -0.05) is 6.92 Å². The molecule has 0 saturated carbocycles. The highest BCUT2D eigenvalue weighted by molar-refractivity contribution is 7.15. The zero-order valence-corrected chi connectivity index (χ0v) is 12.7. The molecule has 0 spiro atoms. The van der Waals surface area contributed by atoms with Gasteiger partial charge in [0.25, 0.3) is 0 Å². The molecular formula is C16H17N3OS. The Hall–Kier alpha value is -1.98. The number of hydrogen-bond donors (Lipinski definition) is 0. The van der Waals surface area contributed by atoms with E-state index in [0.29, 0.717) is 0 Å². The molecule has 0 aliphatic carbocycles. The average molecular weight is 299 g/mol. The van der Waals surface area contributed by atoms with E-state index in [9.17, 15) is 0 Å². The van der Waals surface area contributed by atoms with Crippen LogP contribution in [0.25, 0.3) is 10.6 Å². The van der Waals surface area contributed by atoms with Crippen LogP contribution in [0.3, 0.4) is 0 Å². The van der Waals surface area contributed by atoms with E-state index in [0.717, 1.165) is 30.2 Å². The number of furan rings is 1. The zero-order valence-electron chi connectivity index (χ0n) is 11.9. The van der Waals surface area contributed by atoms with Gasteiger partial charge in [0.05, 0.1) is 12.5 Å². The van der Waals surface area contributed by atoms with Crippen LogP contribution >= 0.6 is 11.3 Å². The maximum absolute atomic E-state index is 5.13. The molecule has 0 N–H and O–H groups in total. The summed E-state index contributed by atoms with van der Waals surface area (Å²) in [6.45, 7) is 4.96. The van der Waals surface area contributed by atoms with Gasteiger partial charge >= 0.3 is 0 Å². The van der Waals surface area contributed by atoms with E-state index in [4.69, 9.17) is 4.42 Å². The van der Waals surface area contributed by atoms with Crippen molar-refractivity contribution in [2.75, 3.05) is 6.54 Å². The lowest BCUT2D eigenvalue weighted by molar-refractivity contribution is 0.273. The van der Waals surface area contributed by atoms with Gasteiger partial charge in [-0.15, -0.1) is 11.3 Å². The number of thiazole rings is 1. The minimum Gasteiger partial charge on any atom is -0.472 e. The molecule has 0 aliphatic heterocycles. The van der Waals surface area contributed by atoms with Crippen LogP contribution in [0.2, 0.25) is 0 Å². The summed E-state index contributed by atoms with van der Waals surface area (Å²) in [6, 6.07) is 5.99. The normalized spacial score (nSPS) is 11.1. The average Bonchev–Trinajstić information content (AvgIpc) is 3.19. The predicted molar refractivity (Wildman–Crippen MR) is 83.8 cm³/mol. The Balaban J connectivity index is 1.68. The molecule has 3 heterocycles. The Bertz CT molecular complexity index is 664. The fourth-order valence-corrected chi connectivity index (χ4v) is 3.09. The molecule has 5 heteroatoms. The summed E-state index contributed by atoms with van der Waals surface area (Å²) in [5, 5.41) is 1.03. The van der Waals surface area contributed by atoms with Crippen molar-refractivity contribution in [1.82, 2.24) is 14.9 Å². The van der Waals surface area contributed by atoms with Crippen molar-refractivity contribution in [2.24, 2.45) is 0 Å². The SMILES string of the molecule is CCN(Cc1ccoc1)Cc1cnc(-c2cccnc2)s1. The fraction of sp³-hybridized carbons (Fsp3) is 0.250. The summed E-state index contributed by atoms with van der Waals surface area (Å²) < 4.78 is 5.13. The lowest BCUT2D eigenvalue weighted by Crippen LogP contribution is -2.21. The second-order valence-corrected chi connectivity index (χ2v) is 5.92. The van der Waals surface area contributed by atoms with E-state index < -0.39 is 0 Å². The largest absolute Gasteiger partial charge is 0.472 e. The highest BCUT2D eigenvalue weighted by Crippen LogP contribution is 2.25. The Morgan fingerprint density at radius 1 is 1.24 bits per heavy atom. The van der Waals surface area contributed by atoms with E-state index in [1.165, 1.54) is 10.4 Å². The molecule has 3 rings (SSSR count). The summed E-state index contributed by atoms with van der Waals surface area (Å²) in [7, 11) is 0. The van der Waals surface area contributed by atoms with E-state index in [2.05, 4.69) is 21.8 Å². The van der Waals surface area contributed by atoms with Crippen LogP contribution in [-0.4, -0.2) is 21.4 Å². The molecule has 0 saturated heterocycles. The summed E-state index contributed by atoms with van der Waals surface area (Å²) in [6.07, 6.45) is 9.12. The van der Waals surface area contributed by atoms with E-state index in [1.54, 1.807) is 30.1 Å². The van der Waals surface area contributed by atoms with Gasteiger partial charge in [-0.2, -0.15) is 0 Å². The predicted octanol–water partition coefficient (Wildman–Crippen LogP) is 3.82. The van der Waals surface area contributed by atoms with Crippen LogP contribution in [0.4, 0.5) is 0 Å². The Morgan fingerprint density at radius 3 is 2.90 bits per heavy atom. The van der Waals surface area contributed by atoms with Crippen LogP contribution in [0.15, 0.2) is 53.7 Å². The molecule has 3 aromatic heterocycles. The summed E-state index contributed by atoms with van der Waals surface area (Å²) in [5.74, 6) is 0. The maximum atomic E-state index is 5.13. The molecule has 0 aliphatic rings. The summed E-state index contributed by atoms with van der Waals surface area (Å²) >= 11 is 1.73. The van der Waals surface area contributed by atoms with Crippen LogP contribution in [0.5, 0.6) is 0 Å². The summed E-state index contributed by atoms with van der Waals surface area (Å²) in [4.78, 5) is 12.3. The first-order valence-corrected chi connectivity index (χ1v) is 7.75. The molecule has 3 aromatic rings. The van der Waals surface area contributed by atoms with Crippen LogP contribution in [-0.2, 0) is 13.1 Å². The molecule has 21 heavy (non-hydrogen) atoms. The van der Waals surface area contributed by atoms with Gasteiger partial charge in [0.15, 0.2) is 0 Å². The second-order valence-electron chi connectivity index (χ2n) is 4.81. The zero-order chi connectivity index (χ0) is 14.5. The van der Waals surface area contributed by atoms with Gasteiger partial charge in [0.2, 0.25) is 0 Å². The molecular weight excluding hydrogens is 282 g/mol. The molecule has 0 fully saturated rings. The van der Waals surface area contributed by atoms with Gasteiger partial charge in [-0.05, 0) is 24.7 Å². The molecule has 0 radical (unpaired) electrons. The molecule has 0 atom stereocenters. The fourth-order valence-electron chi connectivity index (χ4n) is 2.14. The third-order valence-electron chi connectivity index (χ3n) is 3.27. The number of hydrogen-bond acceptors (Lipinski definition) is 5. The molecule has 0 bridgehead atoms. The third kappa shape index (κ3) is 3.56. The maximum Gasteiger partial charge on any atom is 0.125 e. The number of pyridine rings is 1. The van der Waals surface area contributed by atoms with Crippen molar-refractivity contribution in [3.8, 4) is 10.6 Å². The molecule has 0 unspecified atom stereocenters. The van der Waals surface area contributed by atoms with Crippen molar-refractivity contribution in [3.63, 3.8) is 0 Å². The minimum atomic E-state index is 0.896. The Labute approximate surface area is 128 Å². The number of aromatic nitrogens is 2. The smallest absolute Gasteiger partial charge is 0.125 e. The third-order valence-corrected chi connectivity index (χ3v) is 4.31. The van der Waals surface area contributed by atoms with E-state index >= 15 is 0 Å². The van der Waals surface area contributed by atoms with E-state index in [1.807, 2.05) is 30.6 Å². The number of rotatable bonds is 6. The standard InChI is InChI=1S/C16H17N3OS/c1-2-19(10-13-5-7-20-12-13)11-15-9-18-16(21-15)14-4-3-6-17-8-14/h3-9,12H,2,10-11H2,1H3. The lowest BCUT2D eigenvalue weighted by Gasteiger charge is -2.18. The molecule has 4 nitrogen and oxygen atoms in total. The second kappa shape index (κ2) is 6.65. The first-order valence-electron chi connectivity index (χ1n) is 6.93. The first-order chi connectivity index (χ1) is 10.3. The lowest BCUT2D eigenvalue weighted by atomic mass is 10.3. The van der Waals surface area contributed by atoms with Crippen molar-refractivity contribution < 1.29 is 4.42 Å².